The molecule has 0 saturated heterocycles. The first kappa shape index (κ1) is 24.1. The van der Waals surface area contributed by atoms with E-state index in [-0.39, 0.29) is 61.6 Å². The van der Waals surface area contributed by atoms with Gasteiger partial charge in [-0.1, -0.05) is 0 Å². The number of carbonyl (C=O) groups is 1. The molecule has 0 fully saturated rings. The largest absolute Gasteiger partial charge is 0.364 e. The first-order chi connectivity index (χ1) is 11.9. The number of amides is 1. The lowest BCUT2D eigenvalue weighted by Gasteiger charge is -2.23. The molecule has 146 valence electrons. The highest BCUT2D eigenvalue weighted by atomic mass is 35.5. The van der Waals surface area contributed by atoms with Gasteiger partial charge in [0.1, 0.15) is 11.3 Å². The zero-order valence-corrected chi connectivity index (χ0v) is 15.9. The highest BCUT2D eigenvalue weighted by Crippen LogP contribution is 2.35. The Kier molecular flexibility index (Phi) is 10.8. The van der Waals surface area contributed by atoms with E-state index >= 15 is 0 Å². The van der Waals surface area contributed by atoms with Gasteiger partial charge in [-0.05, 0) is 6.07 Å². The number of alkyl halides is 2. The minimum Gasteiger partial charge on any atom is -0.364 e. The molecule has 1 aromatic carbocycles. The first-order valence-corrected chi connectivity index (χ1v) is 8.26. The van der Waals surface area contributed by atoms with E-state index in [0.717, 1.165) is 12.1 Å². The fraction of sp³-hybridized carbons (Fsp3) is 0.462. The van der Waals surface area contributed by atoms with Crippen molar-refractivity contribution in [2.45, 2.75) is 0 Å². The quantitative estimate of drug-likeness (QED) is 0.327. The molecule has 0 heterocycles. The molecule has 1 rings (SSSR count). The van der Waals surface area contributed by atoms with E-state index in [9.17, 15) is 25.0 Å². The molecule has 0 aromatic heterocycles. The highest BCUT2D eigenvalue weighted by Gasteiger charge is 2.30. The van der Waals surface area contributed by atoms with E-state index in [1.807, 2.05) is 0 Å². The number of nitrogens with zero attached hydrogens (tertiary/aromatic N) is 3. The van der Waals surface area contributed by atoms with E-state index in [2.05, 4.69) is 5.32 Å². The highest BCUT2D eigenvalue weighted by molar-refractivity contribution is 6.18. The summed E-state index contributed by atoms with van der Waals surface area (Å²) in [5.74, 6) is -0.440. The Morgan fingerprint density at radius 3 is 2.08 bits per heavy atom. The Hall–Kier alpha value is -1.88. The Morgan fingerprint density at radius 2 is 1.65 bits per heavy atom. The first-order valence-electron chi connectivity index (χ1n) is 7.19. The van der Waals surface area contributed by atoms with Crippen LogP contribution in [-0.2, 0) is 0 Å². The number of nitrogens with one attached hydrogen (secondary N) is 1. The lowest BCUT2D eigenvalue weighted by Crippen LogP contribution is -2.31. The summed E-state index contributed by atoms with van der Waals surface area (Å²) in [7, 11) is 0. The molecule has 10 nitrogen and oxygen atoms in total. The summed E-state index contributed by atoms with van der Waals surface area (Å²) in [5, 5.41) is 25.0. The molecular weight excluding hydrogens is 413 g/mol. The van der Waals surface area contributed by atoms with E-state index in [4.69, 9.17) is 28.9 Å². The zero-order chi connectivity index (χ0) is 19.0. The predicted molar refractivity (Wildman–Crippen MR) is 102 cm³/mol. The van der Waals surface area contributed by atoms with Crippen molar-refractivity contribution < 1.29 is 14.6 Å². The van der Waals surface area contributed by atoms with Gasteiger partial charge in [0.2, 0.25) is 0 Å². The number of benzene rings is 1. The normalized spacial score (nSPS) is 9.96. The molecular formula is C13H18Cl3N5O5. The van der Waals surface area contributed by atoms with Crippen LogP contribution in [0.1, 0.15) is 10.4 Å². The summed E-state index contributed by atoms with van der Waals surface area (Å²) in [4.78, 5) is 34.7. The summed E-state index contributed by atoms with van der Waals surface area (Å²) in [5.41, 5.74) is 3.87. The minimum atomic E-state index is -0.846. The van der Waals surface area contributed by atoms with Crippen molar-refractivity contribution in [3.63, 3.8) is 0 Å². The van der Waals surface area contributed by atoms with Gasteiger partial charge in [-0.3, -0.25) is 25.0 Å². The van der Waals surface area contributed by atoms with Crippen LogP contribution in [-0.4, -0.2) is 53.7 Å². The molecule has 0 spiro atoms. The number of halogens is 3. The van der Waals surface area contributed by atoms with Crippen LogP contribution in [0, 0.1) is 20.2 Å². The molecule has 0 unspecified atom stereocenters. The molecule has 0 aliphatic carbocycles. The molecule has 0 atom stereocenters. The lowest BCUT2D eigenvalue weighted by atomic mass is 10.1. The zero-order valence-electron chi connectivity index (χ0n) is 13.5. The Bertz CT molecular complexity index is 655. The Balaban J connectivity index is 0.00000625. The standard InChI is InChI=1S/C13H17Cl2N5O5.ClH/c14-1-5-18(6-2-15)11-7-9(13(21)17-4-3-16)10(19(22)23)8-12(11)20(24)25;/h7-8H,1-6,16H2,(H,17,21);1H. The number of carbonyl (C=O) groups excluding carboxylic acids is 1. The fourth-order valence-electron chi connectivity index (χ4n) is 2.14. The summed E-state index contributed by atoms with van der Waals surface area (Å²) in [6.45, 7) is 0.687. The number of hydrogen-bond donors (Lipinski definition) is 2. The Morgan fingerprint density at radius 1 is 1.12 bits per heavy atom. The number of anilines is 1. The summed E-state index contributed by atoms with van der Waals surface area (Å²) < 4.78 is 0. The average Bonchev–Trinajstić information content (AvgIpc) is 2.58. The number of rotatable bonds is 10. The molecule has 0 aliphatic rings. The average molecular weight is 431 g/mol. The number of hydrogen-bond acceptors (Lipinski definition) is 7. The van der Waals surface area contributed by atoms with Crippen molar-refractivity contribution >= 4 is 58.6 Å². The molecule has 1 amide bonds. The van der Waals surface area contributed by atoms with Crippen LogP contribution in [0.5, 0.6) is 0 Å². The third-order valence-electron chi connectivity index (χ3n) is 3.21. The molecule has 0 radical (unpaired) electrons. The number of nitrogens with two attached hydrogens (primary N) is 1. The van der Waals surface area contributed by atoms with E-state index in [1.54, 1.807) is 0 Å². The van der Waals surface area contributed by atoms with Crippen molar-refractivity contribution in [2.24, 2.45) is 5.73 Å². The SMILES string of the molecule is Cl.NCCNC(=O)c1cc(N(CCCl)CCCl)c([N+](=O)[O-])cc1[N+](=O)[O-]. The van der Waals surface area contributed by atoms with Gasteiger partial charge in [0, 0.05) is 37.9 Å². The maximum atomic E-state index is 12.2. The van der Waals surface area contributed by atoms with Gasteiger partial charge in [-0.25, -0.2) is 0 Å². The molecule has 1 aromatic rings. The van der Waals surface area contributed by atoms with Gasteiger partial charge in [0.25, 0.3) is 17.3 Å². The second-order valence-corrected chi connectivity index (χ2v) is 5.54. The van der Waals surface area contributed by atoms with Crippen LogP contribution in [0.25, 0.3) is 0 Å². The molecule has 26 heavy (non-hydrogen) atoms. The van der Waals surface area contributed by atoms with Gasteiger partial charge in [0.05, 0.1) is 15.9 Å². The van der Waals surface area contributed by atoms with Crippen LogP contribution >= 0.6 is 35.6 Å². The van der Waals surface area contributed by atoms with E-state index < -0.39 is 27.1 Å². The third kappa shape index (κ3) is 6.13. The second kappa shape index (κ2) is 11.7. The van der Waals surface area contributed by atoms with Gasteiger partial charge < -0.3 is 16.0 Å². The monoisotopic (exact) mass is 429 g/mol. The maximum Gasteiger partial charge on any atom is 0.299 e. The van der Waals surface area contributed by atoms with Crippen molar-refractivity contribution in [2.75, 3.05) is 42.8 Å². The molecule has 3 N–H and O–H groups in total. The Labute approximate surface area is 165 Å². The van der Waals surface area contributed by atoms with Crippen molar-refractivity contribution in [3.05, 3.63) is 37.9 Å². The maximum absolute atomic E-state index is 12.2. The summed E-state index contributed by atoms with van der Waals surface area (Å²) in [6, 6.07) is 1.88. The molecule has 0 bridgehead atoms. The van der Waals surface area contributed by atoms with Crippen LogP contribution in [0.3, 0.4) is 0 Å². The second-order valence-electron chi connectivity index (χ2n) is 4.78. The van der Waals surface area contributed by atoms with Gasteiger partial charge >= 0.3 is 0 Å². The van der Waals surface area contributed by atoms with Gasteiger partial charge in [0.15, 0.2) is 0 Å². The van der Waals surface area contributed by atoms with E-state index in [0.29, 0.717) is 0 Å². The topological polar surface area (TPSA) is 145 Å². The van der Waals surface area contributed by atoms with E-state index in [1.165, 1.54) is 4.90 Å². The summed E-state index contributed by atoms with van der Waals surface area (Å²) >= 11 is 11.4. The predicted octanol–water partition coefficient (Wildman–Crippen LogP) is 1.90. The molecule has 13 heteroatoms. The molecule has 0 saturated carbocycles. The van der Waals surface area contributed by atoms with Crippen molar-refractivity contribution in [1.82, 2.24) is 5.32 Å². The number of nitro groups is 2. The van der Waals surface area contributed by atoms with Gasteiger partial charge in [-0.15, -0.1) is 35.6 Å². The van der Waals surface area contributed by atoms with Crippen molar-refractivity contribution in [3.8, 4) is 0 Å². The summed E-state index contributed by atoms with van der Waals surface area (Å²) in [6.07, 6.45) is 0. The van der Waals surface area contributed by atoms with Crippen LogP contribution in [0.4, 0.5) is 17.1 Å². The lowest BCUT2D eigenvalue weighted by molar-refractivity contribution is -0.393. The smallest absolute Gasteiger partial charge is 0.299 e. The third-order valence-corrected chi connectivity index (χ3v) is 3.55. The van der Waals surface area contributed by atoms with Crippen LogP contribution in [0.2, 0.25) is 0 Å². The van der Waals surface area contributed by atoms with Crippen LogP contribution in [0.15, 0.2) is 12.1 Å². The minimum absolute atomic E-state index is 0. The molecule has 0 aliphatic heterocycles. The van der Waals surface area contributed by atoms with Crippen LogP contribution < -0.4 is 16.0 Å². The van der Waals surface area contributed by atoms with Gasteiger partial charge in [-0.2, -0.15) is 0 Å². The fourth-order valence-corrected chi connectivity index (χ4v) is 2.54. The number of nitro benzene ring substituents is 2. The van der Waals surface area contributed by atoms with Crippen molar-refractivity contribution in [1.29, 1.82) is 0 Å².